The summed E-state index contributed by atoms with van der Waals surface area (Å²) < 4.78 is 96.2. The normalized spacial score (nSPS) is 43.5. The zero-order chi connectivity index (χ0) is 41.1. The van der Waals surface area contributed by atoms with Crippen LogP contribution in [0.1, 0.15) is 6.92 Å². The molecule has 0 aromatic heterocycles. The van der Waals surface area contributed by atoms with Gasteiger partial charge in [0.1, 0.15) is 67.1 Å². The minimum absolute atomic E-state index is 0.0835. The molecule has 1 aliphatic carbocycles. The Bertz CT molecular complexity index is 1160. The molecule has 0 aromatic rings. The highest BCUT2D eigenvalue weighted by atomic mass is 16.8. The van der Waals surface area contributed by atoms with Crippen molar-refractivity contribution in [1.82, 2.24) is 5.32 Å². The van der Waals surface area contributed by atoms with Gasteiger partial charge in [-0.05, 0) is 12.5 Å². The predicted molar refractivity (Wildman–Crippen MR) is 195 cm³/mol. The Morgan fingerprint density at radius 1 is 0.554 bits per heavy atom. The minimum Gasteiger partial charge on any atom is -0.396 e. The van der Waals surface area contributed by atoms with Crippen molar-refractivity contribution < 1.29 is 86.0 Å². The molecule has 3 aliphatic heterocycles. The molecular weight excluding hydrogens is 746 g/mol. The Morgan fingerprint density at radius 3 is 1.52 bits per heavy atom. The average molecular weight is 814 g/mol. The van der Waals surface area contributed by atoms with Crippen LogP contribution < -0.4 is 5.32 Å². The van der Waals surface area contributed by atoms with Crippen LogP contribution in [0.3, 0.4) is 0 Å². The molecule has 8 unspecified atom stereocenters. The van der Waals surface area contributed by atoms with Crippen molar-refractivity contribution in [2.45, 2.75) is 117 Å². The van der Waals surface area contributed by atoms with Gasteiger partial charge in [0.05, 0.1) is 50.7 Å². The zero-order valence-corrected chi connectivity index (χ0v) is 34.8. The summed E-state index contributed by atoms with van der Waals surface area (Å²) in [7, 11) is 17.0. The fourth-order valence-corrected chi connectivity index (χ4v) is 8.60. The van der Waals surface area contributed by atoms with Crippen molar-refractivity contribution in [2.75, 3.05) is 105 Å². The topological polar surface area (TPSA) is 200 Å². The zero-order valence-electron chi connectivity index (χ0n) is 34.8. The molecule has 3 saturated heterocycles. The van der Waals surface area contributed by atoms with Crippen LogP contribution >= 0.6 is 0 Å². The monoisotopic (exact) mass is 813 g/mol. The first-order valence-corrected chi connectivity index (χ1v) is 18.8. The second-order valence-electron chi connectivity index (χ2n) is 14.2. The predicted octanol–water partition coefficient (Wildman–Crippen LogP) is -1.12. The Balaban J connectivity index is 1.60. The van der Waals surface area contributed by atoms with Crippen LogP contribution in [0.2, 0.25) is 0 Å². The second kappa shape index (κ2) is 23.1. The SMILES string of the molecule is COCC1=C[C@@H](N[C@H]2C(C)O[C@@H](O[C@H]3C(COC)O[C@@H](O[C@H]4C(COC)OC(O)C(OC)[C@@H]4OC)C(OC)[C@@H]3OC)C(OC)[C@@H]2OC)C(OC)[C@H](OC)[C@H]1CO. The number of methoxy groups -OCH3 is 11. The summed E-state index contributed by atoms with van der Waals surface area (Å²) in [5, 5.41) is 24.6. The van der Waals surface area contributed by atoms with Crippen molar-refractivity contribution in [3.8, 4) is 0 Å². The summed E-state index contributed by atoms with van der Waals surface area (Å²) in [5.41, 5.74) is 0.886. The van der Waals surface area contributed by atoms with Gasteiger partial charge in [-0.15, -0.1) is 0 Å². The number of ether oxygens (including phenoxy) is 16. The molecule has 0 aromatic carbocycles. The first-order chi connectivity index (χ1) is 27.1. The van der Waals surface area contributed by atoms with E-state index < -0.39 is 104 Å². The molecule has 0 saturated carbocycles. The van der Waals surface area contributed by atoms with Gasteiger partial charge < -0.3 is 91.3 Å². The maximum atomic E-state index is 10.7. The van der Waals surface area contributed by atoms with Gasteiger partial charge >= 0.3 is 0 Å². The van der Waals surface area contributed by atoms with Crippen LogP contribution in [-0.2, 0) is 75.8 Å². The highest BCUT2D eigenvalue weighted by Gasteiger charge is 2.56. The highest BCUT2D eigenvalue weighted by molar-refractivity contribution is 5.22. The van der Waals surface area contributed by atoms with Gasteiger partial charge in [0.2, 0.25) is 0 Å². The molecule has 19 atom stereocenters. The lowest BCUT2D eigenvalue weighted by molar-refractivity contribution is -0.380. The molecule has 0 spiro atoms. The fourth-order valence-electron chi connectivity index (χ4n) is 8.60. The smallest absolute Gasteiger partial charge is 0.187 e. The third kappa shape index (κ3) is 10.3. The standard InChI is InChI=1S/C37H67NO18/c1-18-24(38-21-13-19(15-41-2)20(14-39)25(44-5)26(21)45-6)29(46-7)33(50-11)36(52-18)55-28-23(17-43-4)54-37(34(51-12)31(28)48-9)56-27-22(16-42-3)53-35(40)32(49-10)30(27)47-8/h13,18,20-40H,14-17H2,1-12H3/t18?,20-,21+,22?,23?,24-,25+,26?,27-,28-,29+,30+,31+,32?,33?,34?,35?,36-,37-/m0/s1. The minimum atomic E-state index is -1.28. The first-order valence-electron chi connectivity index (χ1n) is 18.8. The van der Waals surface area contributed by atoms with Gasteiger partial charge in [-0.1, -0.05) is 6.08 Å². The molecule has 3 N–H and O–H groups in total. The average Bonchev–Trinajstić information content (AvgIpc) is 3.19. The lowest BCUT2D eigenvalue weighted by Crippen LogP contribution is -2.69. The Labute approximate surface area is 330 Å². The summed E-state index contributed by atoms with van der Waals surface area (Å²) >= 11 is 0. The van der Waals surface area contributed by atoms with Gasteiger partial charge in [0.25, 0.3) is 0 Å². The Hall–Kier alpha value is -1.02. The van der Waals surface area contributed by atoms with Crippen LogP contribution in [0, 0.1) is 5.92 Å². The highest BCUT2D eigenvalue weighted by Crippen LogP contribution is 2.37. The second-order valence-corrected chi connectivity index (χ2v) is 14.2. The van der Waals surface area contributed by atoms with Crippen LogP contribution in [0.15, 0.2) is 11.6 Å². The van der Waals surface area contributed by atoms with Gasteiger partial charge in [-0.25, -0.2) is 0 Å². The van der Waals surface area contributed by atoms with E-state index in [-0.39, 0.29) is 31.8 Å². The lowest BCUT2D eigenvalue weighted by Gasteiger charge is -2.51. The maximum absolute atomic E-state index is 10.7. The van der Waals surface area contributed by atoms with E-state index in [1.165, 1.54) is 28.4 Å². The first kappa shape index (κ1) is 47.7. The van der Waals surface area contributed by atoms with Crippen LogP contribution in [-0.4, -0.2) is 225 Å². The van der Waals surface area contributed by atoms with Crippen LogP contribution in [0.5, 0.6) is 0 Å². The number of hydrogen-bond acceptors (Lipinski definition) is 19. The molecule has 0 bridgehead atoms. The molecule has 0 radical (unpaired) electrons. The summed E-state index contributed by atoms with van der Waals surface area (Å²) in [6.07, 6.45) is -10.4. The summed E-state index contributed by atoms with van der Waals surface area (Å²) in [6, 6.07) is -0.786. The molecular formula is C37H67NO18. The fraction of sp³-hybridized carbons (Fsp3) is 0.946. The molecule has 328 valence electrons. The number of nitrogens with one attached hydrogen (secondary N) is 1. The molecule has 4 aliphatic rings. The number of hydrogen-bond donors (Lipinski definition) is 3. The van der Waals surface area contributed by atoms with E-state index in [2.05, 4.69) is 5.32 Å². The van der Waals surface area contributed by atoms with E-state index in [0.29, 0.717) is 6.61 Å². The van der Waals surface area contributed by atoms with Crippen LogP contribution in [0.25, 0.3) is 0 Å². The molecule has 19 heteroatoms. The molecule has 3 fully saturated rings. The molecule has 0 amide bonds. The molecule has 3 heterocycles. The maximum Gasteiger partial charge on any atom is 0.187 e. The summed E-state index contributed by atoms with van der Waals surface area (Å²) in [4.78, 5) is 0. The Morgan fingerprint density at radius 2 is 1.04 bits per heavy atom. The van der Waals surface area contributed by atoms with E-state index in [1.54, 1.807) is 49.8 Å². The lowest BCUT2D eigenvalue weighted by atomic mass is 9.80. The van der Waals surface area contributed by atoms with Crippen molar-refractivity contribution in [3.05, 3.63) is 11.6 Å². The third-order valence-corrected chi connectivity index (χ3v) is 11.3. The third-order valence-electron chi connectivity index (χ3n) is 11.3. The van der Waals surface area contributed by atoms with E-state index >= 15 is 0 Å². The number of rotatable bonds is 21. The van der Waals surface area contributed by atoms with Crippen molar-refractivity contribution in [2.24, 2.45) is 5.92 Å². The van der Waals surface area contributed by atoms with E-state index in [9.17, 15) is 10.2 Å². The van der Waals surface area contributed by atoms with E-state index in [4.69, 9.17) is 75.8 Å². The van der Waals surface area contributed by atoms with Gasteiger partial charge in [-0.2, -0.15) is 0 Å². The number of aliphatic hydroxyl groups is 2. The van der Waals surface area contributed by atoms with Crippen molar-refractivity contribution in [1.29, 1.82) is 0 Å². The molecule has 19 nitrogen and oxygen atoms in total. The summed E-state index contributed by atoms with van der Waals surface area (Å²) in [5.74, 6) is -0.308. The van der Waals surface area contributed by atoms with Gasteiger partial charge in [-0.3, -0.25) is 0 Å². The largest absolute Gasteiger partial charge is 0.396 e. The van der Waals surface area contributed by atoms with Crippen LogP contribution in [0.4, 0.5) is 0 Å². The molecule has 4 rings (SSSR count). The number of aliphatic hydroxyl groups excluding tert-OH is 2. The van der Waals surface area contributed by atoms with Gasteiger partial charge in [0.15, 0.2) is 18.9 Å². The van der Waals surface area contributed by atoms with Crippen molar-refractivity contribution in [3.63, 3.8) is 0 Å². The van der Waals surface area contributed by atoms with E-state index in [1.807, 2.05) is 13.0 Å². The quantitative estimate of drug-likeness (QED) is 0.118. The van der Waals surface area contributed by atoms with E-state index in [0.717, 1.165) is 5.57 Å². The summed E-state index contributed by atoms with van der Waals surface area (Å²) in [6.45, 7) is 2.27. The van der Waals surface area contributed by atoms with Gasteiger partial charge in [0, 0.05) is 84.1 Å². The Kier molecular flexibility index (Phi) is 19.7. The molecule has 56 heavy (non-hydrogen) atoms. The van der Waals surface area contributed by atoms with Crippen molar-refractivity contribution >= 4 is 0 Å².